The fourth-order valence-electron chi connectivity index (χ4n) is 7.63. The van der Waals surface area contributed by atoms with E-state index in [1.165, 1.54) is 27.1 Å². The Labute approximate surface area is 291 Å². The molecule has 9 rings (SSSR count). The molecule has 1 aliphatic rings. The highest BCUT2D eigenvalue weighted by Gasteiger charge is 2.28. The maximum absolute atomic E-state index is 6.72. The number of allylic oxidation sites excluding steroid dienone is 6. The Morgan fingerprint density at radius 2 is 1.36 bits per heavy atom. The predicted octanol–water partition coefficient (Wildman–Crippen LogP) is 12.0. The largest absolute Gasteiger partial charge is 0.453 e. The van der Waals surface area contributed by atoms with Gasteiger partial charge in [-0.1, -0.05) is 98.1 Å². The number of aromatic nitrogens is 2. The molecule has 3 heterocycles. The number of hydrogen-bond donors (Lipinski definition) is 0. The lowest BCUT2D eigenvalue weighted by molar-refractivity contribution is 0.477. The van der Waals surface area contributed by atoms with Crippen molar-refractivity contribution in [1.82, 2.24) is 9.13 Å². The van der Waals surface area contributed by atoms with Gasteiger partial charge >= 0.3 is 0 Å². The van der Waals surface area contributed by atoms with Gasteiger partial charge in [-0.25, -0.2) is 0 Å². The van der Waals surface area contributed by atoms with Crippen LogP contribution in [0.3, 0.4) is 0 Å². The SMILES string of the molecule is C=C/C=C(\C)c1cc(C(=C)/C=C\C)cc(-c2cccc(-n3c4ccccc4c4c5c6ccccc6n6c5c(cc43)Oc3ccccc3-6)c2)c1.O. The molecule has 0 radical (unpaired) electrons. The number of para-hydroxylation sites is 4. The summed E-state index contributed by atoms with van der Waals surface area (Å²) >= 11 is 0. The van der Waals surface area contributed by atoms with E-state index in [9.17, 15) is 0 Å². The highest BCUT2D eigenvalue weighted by Crippen LogP contribution is 2.50. The highest BCUT2D eigenvalue weighted by atomic mass is 16.5. The van der Waals surface area contributed by atoms with Crippen molar-refractivity contribution in [2.75, 3.05) is 0 Å². The first kappa shape index (κ1) is 30.9. The third-order valence-corrected chi connectivity index (χ3v) is 9.80. The predicted molar refractivity (Wildman–Crippen MR) is 212 cm³/mol. The van der Waals surface area contributed by atoms with E-state index < -0.39 is 0 Å². The van der Waals surface area contributed by atoms with Crippen LogP contribution < -0.4 is 4.74 Å². The van der Waals surface area contributed by atoms with Gasteiger partial charge in [0.2, 0.25) is 0 Å². The van der Waals surface area contributed by atoms with Gasteiger partial charge in [-0.15, -0.1) is 0 Å². The van der Waals surface area contributed by atoms with Crippen LogP contribution in [0.1, 0.15) is 25.0 Å². The number of fused-ring (bicyclic) bond motifs is 9. The van der Waals surface area contributed by atoms with Gasteiger partial charge in [-0.2, -0.15) is 0 Å². The molecule has 0 fully saturated rings. The molecule has 0 saturated heterocycles. The van der Waals surface area contributed by atoms with Crippen LogP contribution in [0.4, 0.5) is 0 Å². The Kier molecular flexibility index (Phi) is 7.40. The average Bonchev–Trinajstić information content (AvgIpc) is 3.65. The number of ether oxygens (including phenoxy) is 1. The lowest BCUT2D eigenvalue weighted by Crippen LogP contribution is -2.04. The van der Waals surface area contributed by atoms with Crippen molar-refractivity contribution < 1.29 is 10.2 Å². The molecule has 0 amide bonds. The van der Waals surface area contributed by atoms with E-state index in [-0.39, 0.29) is 5.48 Å². The second-order valence-electron chi connectivity index (χ2n) is 12.7. The smallest absolute Gasteiger partial charge is 0.154 e. The summed E-state index contributed by atoms with van der Waals surface area (Å²) in [4.78, 5) is 0. The summed E-state index contributed by atoms with van der Waals surface area (Å²) < 4.78 is 11.5. The molecule has 0 aliphatic carbocycles. The van der Waals surface area contributed by atoms with Crippen molar-refractivity contribution in [2.45, 2.75) is 13.8 Å². The molecule has 4 nitrogen and oxygen atoms in total. The molecule has 8 aromatic rings. The Bertz CT molecular complexity index is 2750. The van der Waals surface area contributed by atoms with Crippen LogP contribution in [-0.4, -0.2) is 14.6 Å². The first-order valence-corrected chi connectivity index (χ1v) is 16.7. The van der Waals surface area contributed by atoms with Crippen molar-refractivity contribution in [3.05, 3.63) is 170 Å². The van der Waals surface area contributed by atoms with Crippen LogP contribution in [-0.2, 0) is 0 Å². The molecule has 0 bridgehead atoms. The van der Waals surface area contributed by atoms with Gasteiger partial charge < -0.3 is 19.3 Å². The zero-order chi connectivity index (χ0) is 33.2. The number of nitrogens with zero attached hydrogens (tertiary/aromatic N) is 2. The first-order valence-electron chi connectivity index (χ1n) is 16.7. The van der Waals surface area contributed by atoms with E-state index in [0.29, 0.717) is 0 Å². The number of benzene rings is 6. The topological polar surface area (TPSA) is 50.6 Å². The summed E-state index contributed by atoms with van der Waals surface area (Å²) in [6.45, 7) is 12.4. The number of rotatable bonds is 6. The van der Waals surface area contributed by atoms with Gasteiger partial charge in [0, 0.05) is 33.3 Å². The van der Waals surface area contributed by atoms with Crippen LogP contribution >= 0.6 is 0 Å². The molecule has 2 aromatic heterocycles. The van der Waals surface area contributed by atoms with E-state index in [1.54, 1.807) is 0 Å². The summed E-state index contributed by atoms with van der Waals surface area (Å²) in [5, 5.41) is 4.88. The second-order valence-corrected chi connectivity index (χ2v) is 12.7. The summed E-state index contributed by atoms with van der Waals surface area (Å²) in [7, 11) is 0. The lowest BCUT2D eigenvalue weighted by atomic mass is 9.93. The molecular weight excluding hydrogens is 613 g/mol. The maximum atomic E-state index is 6.72. The van der Waals surface area contributed by atoms with E-state index in [1.807, 2.05) is 25.1 Å². The minimum atomic E-state index is 0. The molecule has 242 valence electrons. The van der Waals surface area contributed by atoms with E-state index in [4.69, 9.17) is 4.74 Å². The summed E-state index contributed by atoms with van der Waals surface area (Å²) in [5.74, 6) is 1.72. The van der Waals surface area contributed by atoms with Gasteiger partial charge in [0.25, 0.3) is 0 Å². The van der Waals surface area contributed by atoms with E-state index in [2.05, 4.69) is 157 Å². The monoisotopic (exact) mass is 648 g/mol. The molecule has 0 atom stereocenters. The molecule has 6 aromatic carbocycles. The summed E-state index contributed by atoms with van der Waals surface area (Å²) in [5.41, 5.74) is 13.4. The molecular formula is C46H36N2O2. The maximum Gasteiger partial charge on any atom is 0.154 e. The quantitative estimate of drug-likeness (QED) is 0.166. The second kappa shape index (κ2) is 12.0. The molecule has 1 aliphatic heterocycles. The fraction of sp³-hybridized carbons (Fsp3) is 0.0435. The third-order valence-electron chi connectivity index (χ3n) is 9.80. The Balaban J connectivity index is 0.00000361. The van der Waals surface area contributed by atoms with Crippen LogP contribution in [0.15, 0.2) is 159 Å². The van der Waals surface area contributed by atoms with Gasteiger partial charge in [-0.3, -0.25) is 0 Å². The number of hydrogen-bond acceptors (Lipinski definition) is 1. The Morgan fingerprint density at radius 3 is 2.14 bits per heavy atom. The van der Waals surface area contributed by atoms with E-state index >= 15 is 0 Å². The van der Waals surface area contributed by atoms with Crippen molar-refractivity contribution in [3.63, 3.8) is 0 Å². The normalized spacial score (nSPS) is 12.4. The van der Waals surface area contributed by atoms with E-state index in [0.717, 1.165) is 72.8 Å². The average molecular weight is 649 g/mol. The zero-order valence-corrected chi connectivity index (χ0v) is 28.1. The van der Waals surface area contributed by atoms with Crippen molar-refractivity contribution in [2.24, 2.45) is 0 Å². The first-order chi connectivity index (χ1) is 24.1. The molecule has 50 heavy (non-hydrogen) atoms. The third kappa shape index (κ3) is 4.57. The standard InChI is InChI=1S/C46H34N2O.H2O/c1-5-14-29(3)32-24-33(30(4)15-6-2)26-34(25-32)31-16-13-17-35(27-31)47-38-20-9-7-18-36(38)44-41(47)28-43-46-45(44)37-19-8-10-21-39(37)48(46)40-22-11-12-23-42(40)49-43;/h5-28H,1,4H2,2-3H3;1H2/b15-6-,29-14+;. The van der Waals surface area contributed by atoms with Crippen LogP contribution in [0.25, 0.3) is 77.3 Å². The van der Waals surface area contributed by atoms with Gasteiger partial charge in [0.1, 0.15) is 0 Å². The Hall–Kier alpha value is -6.36. The van der Waals surface area contributed by atoms with Gasteiger partial charge in [0.05, 0.1) is 27.8 Å². The molecule has 2 N–H and O–H groups in total. The van der Waals surface area contributed by atoms with Crippen molar-refractivity contribution >= 4 is 54.8 Å². The molecule has 0 spiro atoms. The zero-order valence-electron chi connectivity index (χ0n) is 28.1. The lowest BCUT2D eigenvalue weighted by Gasteiger charge is -2.21. The summed E-state index contributed by atoms with van der Waals surface area (Å²) in [6.07, 6.45) is 8.00. The highest BCUT2D eigenvalue weighted by molar-refractivity contribution is 6.30. The molecule has 4 heteroatoms. The van der Waals surface area contributed by atoms with Crippen LogP contribution in [0.2, 0.25) is 0 Å². The molecule has 0 unspecified atom stereocenters. The minimum absolute atomic E-state index is 0. The Morgan fingerprint density at radius 1 is 0.660 bits per heavy atom. The van der Waals surface area contributed by atoms with Crippen molar-refractivity contribution in [1.29, 1.82) is 0 Å². The van der Waals surface area contributed by atoms with Crippen molar-refractivity contribution in [3.8, 4) is 34.0 Å². The molecule has 0 saturated carbocycles. The fourth-order valence-corrected chi connectivity index (χ4v) is 7.63. The van der Waals surface area contributed by atoms with Crippen LogP contribution in [0, 0.1) is 0 Å². The van der Waals surface area contributed by atoms with Crippen LogP contribution in [0.5, 0.6) is 11.5 Å². The minimum Gasteiger partial charge on any atom is -0.453 e. The van der Waals surface area contributed by atoms with Gasteiger partial charge in [0.15, 0.2) is 11.5 Å². The van der Waals surface area contributed by atoms with Gasteiger partial charge in [-0.05, 0) is 102 Å². The summed E-state index contributed by atoms with van der Waals surface area (Å²) in [6, 6.07) is 43.6.